The minimum absolute atomic E-state index is 0.0178. The number of ether oxygens (including phenoxy) is 1. The summed E-state index contributed by atoms with van der Waals surface area (Å²) < 4.78 is 42.5. The first-order valence-corrected chi connectivity index (χ1v) is 9.78. The highest BCUT2D eigenvalue weighted by molar-refractivity contribution is 7.99. The molecule has 0 saturated carbocycles. The minimum Gasteiger partial charge on any atom is -0.497 e. The molecule has 0 bridgehead atoms. The quantitative estimate of drug-likeness (QED) is 0.556. The Kier molecular flexibility index (Phi) is 6.20. The Labute approximate surface area is 167 Å². The van der Waals surface area contributed by atoms with E-state index in [-0.39, 0.29) is 10.6 Å². The Morgan fingerprint density at radius 3 is 2.68 bits per heavy atom. The number of nitrogens with zero attached hydrogens (tertiary/aromatic N) is 2. The van der Waals surface area contributed by atoms with Gasteiger partial charge in [-0.2, -0.15) is 13.2 Å². The number of anilines is 1. The van der Waals surface area contributed by atoms with Gasteiger partial charge in [0.15, 0.2) is 5.13 Å². The number of benzene rings is 1. The third-order valence-electron chi connectivity index (χ3n) is 3.50. The number of amides is 1. The largest absolute Gasteiger partial charge is 0.497 e. The lowest BCUT2D eigenvalue weighted by Crippen LogP contribution is -2.15. The van der Waals surface area contributed by atoms with Crippen molar-refractivity contribution in [1.29, 1.82) is 0 Å². The van der Waals surface area contributed by atoms with E-state index in [9.17, 15) is 18.0 Å². The molecular formula is C18H14F3N3O2S2. The van der Waals surface area contributed by atoms with Gasteiger partial charge in [0, 0.05) is 17.1 Å². The number of aromatic nitrogens is 2. The summed E-state index contributed by atoms with van der Waals surface area (Å²) in [5, 5.41) is 4.75. The molecule has 10 heteroatoms. The number of thiazole rings is 1. The summed E-state index contributed by atoms with van der Waals surface area (Å²) >= 11 is 1.69. The van der Waals surface area contributed by atoms with E-state index in [1.165, 1.54) is 29.7 Å². The van der Waals surface area contributed by atoms with Crippen molar-refractivity contribution in [1.82, 2.24) is 9.97 Å². The SMILES string of the molecule is COc1ccc(-c2csc(NC(=O)c3cccnc3SCC(F)(F)F)n2)cc1. The van der Waals surface area contributed by atoms with Gasteiger partial charge in [-0.1, -0.05) is 11.8 Å². The number of rotatable bonds is 6. The molecule has 0 spiro atoms. The molecule has 1 aromatic carbocycles. The zero-order valence-electron chi connectivity index (χ0n) is 14.5. The van der Waals surface area contributed by atoms with Crippen LogP contribution in [0.3, 0.4) is 0 Å². The summed E-state index contributed by atoms with van der Waals surface area (Å²) in [6.07, 6.45) is -3.00. The van der Waals surface area contributed by atoms with Gasteiger partial charge in [-0.25, -0.2) is 9.97 Å². The third kappa shape index (κ3) is 5.23. The van der Waals surface area contributed by atoms with E-state index in [1.807, 2.05) is 12.1 Å². The van der Waals surface area contributed by atoms with Crippen molar-refractivity contribution in [3.05, 3.63) is 53.5 Å². The van der Waals surface area contributed by atoms with Crippen molar-refractivity contribution in [2.24, 2.45) is 0 Å². The number of thioether (sulfide) groups is 1. The Balaban J connectivity index is 1.72. The summed E-state index contributed by atoms with van der Waals surface area (Å²) in [6, 6.07) is 10.2. The average molecular weight is 425 g/mol. The zero-order chi connectivity index (χ0) is 20.1. The fraction of sp³-hybridized carbons (Fsp3) is 0.167. The second-order valence-electron chi connectivity index (χ2n) is 5.48. The van der Waals surface area contributed by atoms with Gasteiger partial charge in [0.2, 0.25) is 0 Å². The van der Waals surface area contributed by atoms with E-state index in [4.69, 9.17) is 4.74 Å². The molecule has 146 valence electrons. The molecule has 2 heterocycles. The van der Waals surface area contributed by atoms with Crippen molar-refractivity contribution in [3.63, 3.8) is 0 Å². The van der Waals surface area contributed by atoms with Crippen LogP contribution in [-0.2, 0) is 0 Å². The molecule has 1 N–H and O–H groups in total. The smallest absolute Gasteiger partial charge is 0.398 e. The standard InChI is InChI=1S/C18H14F3N3O2S2/c1-26-12-6-4-11(5-7-12)14-9-27-17(23-14)24-15(25)13-3-2-8-22-16(13)28-10-18(19,20)21/h2-9H,10H2,1H3,(H,23,24,25). The maximum Gasteiger partial charge on any atom is 0.398 e. The molecule has 5 nitrogen and oxygen atoms in total. The number of methoxy groups -OCH3 is 1. The van der Waals surface area contributed by atoms with Crippen LogP contribution in [0.2, 0.25) is 0 Å². The molecular weight excluding hydrogens is 411 g/mol. The first-order chi connectivity index (χ1) is 13.4. The molecule has 3 rings (SSSR count). The maximum atomic E-state index is 12.5. The Bertz CT molecular complexity index is 959. The molecule has 0 radical (unpaired) electrons. The highest BCUT2D eigenvalue weighted by Gasteiger charge is 2.28. The normalized spacial score (nSPS) is 11.3. The topological polar surface area (TPSA) is 64.1 Å². The van der Waals surface area contributed by atoms with Gasteiger partial charge in [0.05, 0.1) is 24.1 Å². The van der Waals surface area contributed by atoms with Crippen molar-refractivity contribution < 1.29 is 22.7 Å². The van der Waals surface area contributed by atoms with Gasteiger partial charge >= 0.3 is 6.18 Å². The highest BCUT2D eigenvalue weighted by Crippen LogP contribution is 2.30. The minimum atomic E-state index is -4.35. The average Bonchev–Trinajstić information content (AvgIpc) is 3.14. The molecule has 1 amide bonds. The lowest BCUT2D eigenvalue weighted by atomic mass is 10.2. The Hall–Kier alpha value is -2.59. The van der Waals surface area contributed by atoms with Crippen LogP contribution in [-0.4, -0.2) is 34.9 Å². The predicted molar refractivity (Wildman–Crippen MR) is 103 cm³/mol. The maximum absolute atomic E-state index is 12.5. The summed E-state index contributed by atoms with van der Waals surface area (Å²) in [6.45, 7) is 0. The van der Waals surface area contributed by atoms with Crippen LogP contribution in [0.5, 0.6) is 5.75 Å². The second-order valence-corrected chi connectivity index (χ2v) is 7.30. The highest BCUT2D eigenvalue weighted by atomic mass is 32.2. The number of nitrogens with one attached hydrogen (secondary N) is 1. The van der Waals surface area contributed by atoms with Crippen LogP contribution in [0.1, 0.15) is 10.4 Å². The van der Waals surface area contributed by atoms with Crippen LogP contribution < -0.4 is 10.1 Å². The number of hydrogen-bond acceptors (Lipinski definition) is 6. The Morgan fingerprint density at radius 2 is 2.00 bits per heavy atom. The third-order valence-corrected chi connectivity index (χ3v) is 5.33. The van der Waals surface area contributed by atoms with Crippen molar-refractivity contribution in [2.45, 2.75) is 11.2 Å². The van der Waals surface area contributed by atoms with Crippen molar-refractivity contribution >= 4 is 34.1 Å². The van der Waals surface area contributed by atoms with Gasteiger partial charge in [-0.05, 0) is 36.4 Å². The fourth-order valence-corrected chi connectivity index (χ4v) is 3.69. The monoisotopic (exact) mass is 425 g/mol. The number of alkyl halides is 3. The van der Waals surface area contributed by atoms with Crippen LogP contribution >= 0.6 is 23.1 Å². The molecule has 3 aromatic rings. The number of halogens is 3. The summed E-state index contributed by atoms with van der Waals surface area (Å²) in [5.41, 5.74) is 1.58. The number of hydrogen-bond donors (Lipinski definition) is 1. The van der Waals surface area contributed by atoms with Gasteiger partial charge in [0.1, 0.15) is 10.8 Å². The Morgan fingerprint density at radius 1 is 1.25 bits per heavy atom. The summed E-state index contributed by atoms with van der Waals surface area (Å²) in [4.78, 5) is 20.7. The first kappa shape index (κ1) is 20.2. The molecule has 0 saturated heterocycles. The lowest BCUT2D eigenvalue weighted by Gasteiger charge is -2.09. The van der Waals surface area contributed by atoms with Crippen LogP contribution in [0, 0.1) is 0 Å². The molecule has 0 unspecified atom stereocenters. The van der Waals surface area contributed by atoms with E-state index < -0.39 is 17.8 Å². The van der Waals surface area contributed by atoms with Crippen LogP contribution in [0.15, 0.2) is 53.0 Å². The predicted octanol–water partition coefficient (Wildman–Crippen LogP) is 5.12. The number of pyridine rings is 1. The van der Waals surface area contributed by atoms with Crippen LogP contribution in [0.4, 0.5) is 18.3 Å². The first-order valence-electron chi connectivity index (χ1n) is 7.91. The molecule has 0 fully saturated rings. The number of carbonyl (C=O) groups is 1. The van der Waals surface area contributed by atoms with Gasteiger partial charge in [0.25, 0.3) is 5.91 Å². The molecule has 0 atom stereocenters. The van der Waals surface area contributed by atoms with Crippen molar-refractivity contribution in [3.8, 4) is 17.0 Å². The van der Waals surface area contributed by atoms with E-state index in [0.717, 1.165) is 5.56 Å². The fourth-order valence-electron chi connectivity index (χ4n) is 2.22. The molecule has 2 aromatic heterocycles. The summed E-state index contributed by atoms with van der Waals surface area (Å²) in [5.74, 6) is -0.968. The van der Waals surface area contributed by atoms with Crippen LogP contribution in [0.25, 0.3) is 11.3 Å². The zero-order valence-corrected chi connectivity index (χ0v) is 16.1. The van der Waals surface area contributed by atoms with Crippen molar-refractivity contribution in [2.75, 3.05) is 18.2 Å². The van der Waals surface area contributed by atoms with Gasteiger partial charge in [-0.3, -0.25) is 10.1 Å². The van der Waals surface area contributed by atoms with E-state index in [1.54, 1.807) is 24.6 Å². The van der Waals surface area contributed by atoms with Gasteiger partial charge in [-0.15, -0.1) is 11.3 Å². The lowest BCUT2D eigenvalue weighted by molar-refractivity contribution is -0.105. The van der Waals surface area contributed by atoms with E-state index in [2.05, 4.69) is 15.3 Å². The molecule has 0 aliphatic heterocycles. The second kappa shape index (κ2) is 8.61. The number of carbonyl (C=O) groups excluding carboxylic acids is 1. The molecule has 0 aliphatic rings. The molecule has 28 heavy (non-hydrogen) atoms. The van der Waals surface area contributed by atoms with E-state index >= 15 is 0 Å². The van der Waals surface area contributed by atoms with Gasteiger partial charge < -0.3 is 4.74 Å². The summed E-state index contributed by atoms with van der Waals surface area (Å²) in [7, 11) is 1.57. The van der Waals surface area contributed by atoms with E-state index in [0.29, 0.717) is 28.3 Å². The molecule has 0 aliphatic carbocycles.